The zero-order chi connectivity index (χ0) is 21.9. The number of anilines is 1. The van der Waals surface area contributed by atoms with Gasteiger partial charge < -0.3 is 0 Å². The first-order valence-corrected chi connectivity index (χ1v) is 9.45. The van der Waals surface area contributed by atoms with Gasteiger partial charge in [0.05, 0.1) is 17.8 Å². The Morgan fingerprint density at radius 3 is 2.35 bits per heavy atom. The van der Waals surface area contributed by atoms with Gasteiger partial charge >= 0.3 is 6.18 Å². The number of halogens is 3. The molecule has 1 aliphatic rings. The number of alkyl halides is 3. The molecule has 156 valence electrons. The number of hydrogen-bond acceptors (Lipinski definition) is 3. The van der Waals surface area contributed by atoms with E-state index < -0.39 is 17.4 Å². The fraction of sp³-hybridized carbons (Fsp3) is 0.136. The minimum Gasteiger partial charge on any atom is -0.297 e. The maximum absolute atomic E-state index is 13.8. The van der Waals surface area contributed by atoms with E-state index in [2.05, 4.69) is 10.1 Å². The van der Waals surface area contributed by atoms with Crippen LogP contribution < -0.4 is 10.5 Å². The van der Waals surface area contributed by atoms with E-state index in [-0.39, 0.29) is 40.6 Å². The van der Waals surface area contributed by atoms with Crippen molar-refractivity contribution in [2.24, 2.45) is 0 Å². The van der Waals surface area contributed by atoms with E-state index in [1.54, 1.807) is 42.5 Å². The summed E-state index contributed by atoms with van der Waals surface area (Å²) in [7, 11) is 0. The minimum atomic E-state index is -4.74. The zero-order valence-corrected chi connectivity index (χ0v) is 16.2. The molecular formula is C22H15F3N4O2. The second kappa shape index (κ2) is 6.56. The van der Waals surface area contributed by atoms with Gasteiger partial charge in [-0.1, -0.05) is 48.5 Å². The Balaban J connectivity index is 1.77. The number of fused-ring (bicyclic) bond motifs is 2. The number of hydrogen-bond donors (Lipinski definition) is 1. The first-order chi connectivity index (χ1) is 14.8. The lowest BCUT2D eigenvalue weighted by molar-refractivity contribution is -0.140. The van der Waals surface area contributed by atoms with Gasteiger partial charge in [0.1, 0.15) is 11.4 Å². The van der Waals surface area contributed by atoms with Gasteiger partial charge in [-0.3, -0.25) is 19.6 Å². The average molecular weight is 424 g/mol. The highest BCUT2D eigenvalue weighted by Gasteiger charge is 2.39. The maximum Gasteiger partial charge on any atom is 0.433 e. The van der Waals surface area contributed by atoms with Gasteiger partial charge in [-0.15, -0.1) is 0 Å². The summed E-state index contributed by atoms with van der Waals surface area (Å²) in [6.07, 6.45) is -4.74. The highest BCUT2D eigenvalue weighted by atomic mass is 19.4. The molecule has 0 saturated heterocycles. The summed E-state index contributed by atoms with van der Waals surface area (Å²) >= 11 is 0. The molecular weight excluding hydrogens is 409 g/mol. The number of nitrogens with one attached hydrogen (secondary N) is 1. The fourth-order valence-corrected chi connectivity index (χ4v) is 4.00. The Hall–Kier alpha value is -3.88. The van der Waals surface area contributed by atoms with Gasteiger partial charge in [-0.25, -0.2) is 4.98 Å². The number of benzene rings is 2. The molecule has 1 amide bonds. The molecule has 0 atom stereocenters. The Labute approximate surface area is 173 Å². The Bertz CT molecular complexity index is 1400. The average Bonchev–Trinajstić information content (AvgIpc) is 3.28. The predicted molar refractivity (Wildman–Crippen MR) is 108 cm³/mol. The molecule has 0 unspecified atom stereocenters. The van der Waals surface area contributed by atoms with Crippen LogP contribution in [0.2, 0.25) is 0 Å². The lowest BCUT2D eigenvalue weighted by Crippen LogP contribution is -2.32. The van der Waals surface area contributed by atoms with Crippen molar-refractivity contribution in [1.29, 1.82) is 0 Å². The van der Waals surface area contributed by atoms with Crippen molar-refractivity contribution in [2.45, 2.75) is 19.6 Å². The van der Waals surface area contributed by atoms with E-state index in [1.165, 1.54) is 24.0 Å². The largest absolute Gasteiger partial charge is 0.433 e. The summed E-state index contributed by atoms with van der Waals surface area (Å²) in [5.41, 5.74) is -0.596. The quantitative estimate of drug-likeness (QED) is 0.525. The van der Waals surface area contributed by atoms with Crippen molar-refractivity contribution in [3.8, 4) is 11.1 Å². The number of carbonyl (C=O) groups is 1. The third-order valence-electron chi connectivity index (χ3n) is 5.37. The Morgan fingerprint density at radius 2 is 1.68 bits per heavy atom. The number of nitrogens with zero attached hydrogens (tertiary/aromatic N) is 3. The molecule has 0 spiro atoms. The molecule has 5 rings (SSSR count). The van der Waals surface area contributed by atoms with Crippen LogP contribution in [0.5, 0.6) is 0 Å². The zero-order valence-electron chi connectivity index (χ0n) is 16.2. The van der Waals surface area contributed by atoms with Gasteiger partial charge in [0, 0.05) is 5.56 Å². The van der Waals surface area contributed by atoms with E-state index in [0.29, 0.717) is 5.56 Å². The van der Waals surface area contributed by atoms with Crippen LogP contribution in [-0.4, -0.2) is 20.5 Å². The standard InChI is InChI=1S/C22H15F3N4O2/c1-12-17(28-11-14-9-5-6-10-15(14)20(28)30)21(31)29-19(26-12)16(13-7-3-2-4-8-13)18(27-29)22(23,24)25/h2-10,27H,11H2,1H3. The van der Waals surface area contributed by atoms with Crippen molar-refractivity contribution < 1.29 is 18.0 Å². The van der Waals surface area contributed by atoms with Crippen molar-refractivity contribution in [3.05, 3.63) is 87.5 Å². The SMILES string of the molecule is Cc1nc2c(-c3ccccc3)c(C(F)(F)F)[nH]n2c(=O)c1N1Cc2ccccc2C1=O. The molecule has 0 aliphatic carbocycles. The number of H-pyrrole nitrogens is 1. The third kappa shape index (κ3) is 2.84. The molecule has 1 aliphatic heterocycles. The molecule has 2 aromatic heterocycles. The third-order valence-corrected chi connectivity index (χ3v) is 5.37. The van der Waals surface area contributed by atoms with Crippen molar-refractivity contribution in [1.82, 2.24) is 14.6 Å². The normalized spacial score (nSPS) is 13.8. The van der Waals surface area contributed by atoms with Gasteiger partial charge in [0.25, 0.3) is 11.5 Å². The lowest BCUT2D eigenvalue weighted by atomic mass is 10.1. The van der Waals surface area contributed by atoms with Gasteiger partial charge in [0.2, 0.25) is 0 Å². The number of aryl methyl sites for hydroxylation is 1. The topological polar surface area (TPSA) is 70.5 Å². The second-order valence-corrected chi connectivity index (χ2v) is 7.28. The van der Waals surface area contributed by atoms with Crippen molar-refractivity contribution in [2.75, 3.05) is 4.90 Å². The minimum absolute atomic E-state index is 0.0479. The number of aromatic amines is 1. The van der Waals surface area contributed by atoms with Crippen LogP contribution in [-0.2, 0) is 12.7 Å². The van der Waals surface area contributed by atoms with Crippen LogP contribution in [0.15, 0.2) is 59.4 Å². The number of amides is 1. The summed E-state index contributed by atoms with van der Waals surface area (Å²) in [6.45, 7) is 1.67. The number of carbonyl (C=O) groups excluding carboxylic acids is 1. The van der Waals surface area contributed by atoms with Crippen LogP contribution in [0.4, 0.5) is 18.9 Å². The summed E-state index contributed by atoms with van der Waals surface area (Å²) in [4.78, 5) is 31.7. The van der Waals surface area contributed by atoms with E-state index in [1.807, 2.05) is 0 Å². The molecule has 0 fully saturated rings. The summed E-state index contributed by atoms with van der Waals surface area (Å²) in [5.74, 6) is -0.386. The van der Waals surface area contributed by atoms with E-state index in [9.17, 15) is 22.8 Å². The van der Waals surface area contributed by atoms with Gasteiger partial charge in [-0.05, 0) is 24.1 Å². The maximum atomic E-state index is 13.8. The first kappa shape index (κ1) is 19.1. The molecule has 6 nitrogen and oxygen atoms in total. The molecule has 31 heavy (non-hydrogen) atoms. The summed E-state index contributed by atoms with van der Waals surface area (Å²) in [5, 5.41) is 2.18. The highest BCUT2D eigenvalue weighted by molar-refractivity contribution is 6.10. The van der Waals surface area contributed by atoms with E-state index in [0.717, 1.165) is 10.1 Å². The van der Waals surface area contributed by atoms with Crippen LogP contribution in [0.25, 0.3) is 16.8 Å². The molecule has 2 aromatic carbocycles. The molecule has 1 N–H and O–H groups in total. The molecule has 9 heteroatoms. The van der Waals surface area contributed by atoms with Crippen LogP contribution in [0, 0.1) is 6.92 Å². The fourth-order valence-electron chi connectivity index (χ4n) is 4.00. The van der Waals surface area contributed by atoms with Crippen LogP contribution >= 0.6 is 0 Å². The lowest BCUT2D eigenvalue weighted by Gasteiger charge is -2.17. The predicted octanol–water partition coefficient (Wildman–Crippen LogP) is 4.18. The van der Waals surface area contributed by atoms with E-state index >= 15 is 0 Å². The molecule has 0 radical (unpaired) electrons. The molecule has 4 aromatic rings. The highest BCUT2D eigenvalue weighted by Crippen LogP contribution is 2.38. The van der Waals surface area contributed by atoms with Gasteiger partial charge in [0.15, 0.2) is 5.65 Å². The molecule has 0 bridgehead atoms. The summed E-state index contributed by atoms with van der Waals surface area (Å²) in [6, 6.07) is 14.9. The van der Waals surface area contributed by atoms with Gasteiger partial charge in [-0.2, -0.15) is 17.7 Å². The number of aromatic nitrogens is 3. The Morgan fingerprint density at radius 1 is 1.00 bits per heavy atom. The second-order valence-electron chi connectivity index (χ2n) is 7.28. The molecule has 3 heterocycles. The smallest absolute Gasteiger partial charge is 0.297 e. The van der Waals surface area contributed by atoms with Crippen molar-refractivity contribution >= 4 is 17.2 Å². The Kier molecular flexibility index (Phi) is 4.04. The number of rotatable bonds is 2. The van der Waals surface area contributed by atoms with Crippen LogP contribution in [0.1, 0.15) is 27.3 Å². The monoisotopic (exact) mass is 424 g/mol. The summed E-state index contributed by atoms with van der Waals surface area (Å²) < 4.78 is 42.2. The van der Waals surface area contributed by atoms with Crippen molar-refractivity contribution in [3.63, 3.8) is 0 Å². The van der Waals surface area contributed by atoms with Crippen LogP contribution in [0.3, 0.4) is 0 Å². The first-order valence-electron chi connectivity index (χ1n) is 9.45. The van der Waals surface area contributed by atoms with E-state index in [4.69, 9.17) is 0 Å². The molecule has 0 saturated carbocycles.